The third-order valence-electron chi connectivity index (χ3n) is 3.08. The molecule has 0 aliphatic heterocycles. The highest BCUT2D eigenvalue weighted by atomic mass is 35.5. The number of halogens is 1. The molecule has 0 bridgehead atoms. The first kappa shape index (κ1) is 16.7. The largest absolute Gasteiger partial charge is 0.493 e. The minimum Gasteiger partial charge on any atom is -0.493 e. The van der Waals surface area contributed by atoms with Crippen molar-refractivity contribution in [2.45, 2.75) is 13.0 Å². The van der Waals surface area contributed by atoms with E-state index in [2.05, 4.69) is 5.32 Å². The molecule has 0 radical (unpaired) electrons. The lowest BCUT2D eigenvalue weighted by Crippen LogP contribution is -2.30. The van der Waals surface area contributed by atoms with Crippen LogP contribution in [0, 0.1) is 11.3 Å². The molecule has 1 atom stereocenters. The van der Waals surface area contributed by atoms with Crippen molar-refractivity contribution in [3.8, 4) is 17.6 Å². The number of carbonyl (C=O) groups is 1. The summed E-state index contributed by atoms with van der Waals surface area (Å²) < 4.78 is 10.8. The molecule has 1 amide bonds. The Kier molecular flexibility index (Phi) is 5.45. The number of nitrogens with zero attached hydrogens (tertiary/aromatic N) is 1. The van der Waals surface area contributed by atoms with Gasteiger partial charge in [-0.2, -0.15) is 5.26 Å². The van der Waals surface area contributed by atoms with Crippen LogP contribution >= 0.6 is 11.6 Å². The van der Waals surface area contributed by atoms with Crippen molar-refractivity contribution in [3.05, 3.63) is 53.1 Å². The van der Waals surface area contributed by atoms with Gasteiger partial charge in [0.1, 0.15) is 0 Å². The van der Waals surface area contributed by atoms with Gasteiger partial charge in [0.25, 0.3) is 5.91 Å². The second-order valence-electron chi connectivity index (χ2n) is 4.73. The monoisotopic (exact) mass is 330 g/mol. The number of methoxy groups -OCH3 is 1. The predicted molar refractivity (Wildman–Crippen MR) is 87.9 cm³/mol. The summed E-state index contributed by atoms with van der Waals surface area (Å²) in [6, 6.07) is 13.6. The van der Waals surface area contributed by atoms with Crippen molar-refractivity contribution < 1.29 is 14.3 Å². The summed E-state index contributed by atoms with van der Waals surface area (Å²) in [7, 11) is 1.47. The minimum absolute atomic E-state index is 0.307. The fraction of sp³-hybridized carbons (Fsp3) is 0.176. The molecular weight excluding hydrogens is 316 g/mol. The number of nitrogens with one attached hydrogen (secondary N) is 1. The van der Waals surface area contributed by atoms with Crippen molar-refractivity contribution in [1.29, 1.82) is 5.26 Å². The number of rotatable bonds is 5. The van der Waals surface area contributed by atoms with Crippen LogP contribution in [0.2, 0.25) is 5.02 Å². The van der Waals surface area contributed by atoms with E-state index in [0.717, 1.165) is 0 Å². The molecule has 0 aliphatic rings. The van der Waals surface area contributed by atoms with Crippen LogP contribution in [0.25, 0.3) is 0 Å². The van der Waals surface area contributed by atoms with E-state index in [9.17, 15) is 4.79 Å². The normalized spacial score (nSPS) is 11.2. The Labute approximate surface area is 139 Å². The van der Waals surface area contributed by atoms with Crippen LogP contribution < -0.4 is 14.8 Å². The van der Waals surface area contributed by atoms with Crippen molar-refractivity contribution in [2.75, 3.05) is 12.4 Å². The number of nitriles is 1. The van der Waals surface area contributed by atoms with Gasteiger partial charge in [-0.15, -0.1) is 0 Å². The van der Waals surface area contributed by atoms with Gasteiger partial charge in [0.15, 0.2) is 17.6 Å². The van der Waals surface area contributed by atoms with Crippen LogP contribution in [0.4, 0.5) is 5.69 Å². The van der Waals surface area contributed by atoms with Gasteiger partial charge in [0.2, 0.25) is 0 Å². The second kappa shape index (κ2) is 7.52. The van der Waals surface area contributed by atoms with Crippen LogP contribution in [0.3, 0.4) is 0 Å². The van der Waals surface area contributed by atoms with Gasteiger partial charge < -0.3 is 14.8 Å². The Balaban J connectivity index is 2.06. The summed E-state index contributed by atoms with van der Waals surface area (Å²) >= 11 is 5.80. The Morgan fingerprint density at radius 1 is 1.22 bits per heavy atom. The molecule has 0 fully saturated rings. The number of hydrogen-bond donors (Lipinski definition) is 1. The molecule has 1 unspecified atom stereocenters. The van der Waals surface area contributed by atoms with Crippen molar-refractivity contribution in [3.63, 3.8) is 0 Å². The molecule has 0 spiro atoms. The van der Waals surface area contributed by atoms with Crippen LogP contribution in [0.1, 0.15) is 12.5 Å². The van der Waals surface area contributed by atoms with Gasteiger partial charge in [-0.1, -0.05) is 11.6 Å². The summed E-state index contributed by atoms with van der Waals surface area (Å²) in [5.74, 6) is 0.485. The molecular formula is C17H15ClN2O3. The van der Waals surface area contributed by atoms with E-state index in [-0.39, 0.29) is 5.91 Å². The quantitative estimate of drug-likeness (QED) is 0.908. The Morgan fingerprint density at radius 3 is 2.52 bits per heavy atom. The molecule has 1 N–H and O–H groups in total. The molecule has 23 heavy (non-hydrogen) atoms. The molecule has 2 rings (SSSR count). The summed E-state index contributed by atoms with van der Waals surface area (Å²) in [6.45, 7) is 1.63. The Morgan fingerprint density at radius 2 is 1.91 bits per heavy atom. The maximum atomic E-state index is 12.2. The van der Waals surface area contributed by atoms with E-state index in [4.69, 9.17) is 26.3 Å². The molecule has 5 nitrogen and oxygen atoms in total. The number of hydrogen-bond acceptors (Lipinski definition) is 4. The van der Waals surface area contributed by atoms with Gasteiger partial charge in [-0.3, -0.25) is 4.79 Å². The number of amides is 1. The summed E-state index contributed by atoms with van der Waals surface area (Å²) in [6.07, 6.45) is -0.743. The maximum absolute atomic E-state index is 12.2. The van der Waals surface area contributed by atoms with E-state index >= 15 is 0 Å². The zero-order chi connectivity index (χ0) is 16.8. The smallest absolute Gasteiger partial charge is 0.265 e. The highest BCUT2D eigenvalue weighted by Crippen LogP contribution is 2.29. The van der Waals surface area contributed by atoms with E-state index in [1.54, 1.807) is 49.4 Å². The zero-order valence-electron chi connectivity index (χ0n) is 12.7. The lowest BCUT2D eigenvalue weighted by Gasteiger charge is -2.17. The third kappa shape index (κ3) is 4.38. The summed E-state index contributed by atoms with van der Waals surface area (Å²) in [4.78, 5) is 12.2. The Hall–Kier alpha value is -2.71. The summed E-state index contributed by atoms with van der Waals surface area (Å²) in [5, 5.41) is 12.2. The topological polar surface area (TPSA) is 71.3 Å². The van der Waals surface area contributed by atoms with E-state index in [0.29, 0.717) is 27.8 Å². The SMILES string of the molecule is COc1cc(C#N)ccc1OC(C)C(=O)Nc1ccc(Cl)cc1. The van der Waals surface area contributed by atoms with Crippen molar-refractivity contribution >= 4 is 23.2 Å². The van der Waals surface area contributed by atoms with Crippen LogP contribution in [0.5, 0.6) is 11.5 Å². The number of benzene rings is 2. The van der Waals surface area contributed by atoms with Crippen molar-refractivity contribution in [2.24, 2.45) is 0 Å². The number of carbonyl (C=O) groups excluding carboxylic acids is 1. The molecule has 2 aromatic rings. The predicted octanol–water partition coefficient (Wildman–Crippen LogP) is 3.63. The lowest BCUT2D eigenvalue weighted by molar-refractivity contribution is -0.122. The van der Waals surface area contributed by atoms with E-state index < -0.39 is 6.10 Å². The first-order chi connectivity index (χ1) is 11.0. The highest BCUT2D eigenvalue weighted by molar-refractivity contribution is 6.30. The van der Waals surface area contributed by atoms with Crippen LogP contribution in [-0.2, 0) is 4.79 Å². The molecule has 0 saturated heterocycles. The average Bonchev–Trinajstić information content (AvgIpc) is 2.57. The average molecular weight is 331 g/mol. The molecule has 0 heterocycles. The lowest BCUT2D eigenvalue weighted by atomic mass is 10.2. The first-order valence-corrected chi connectivity index (χ1v) is 7.22. The number of ether oxygens (including phenoxy) is 2. The fourth-order valence-corrected chi connectivity index (χ4v) is 1.98. The molecule has 0 aromatic heterocycles. The van der Waals surface area contributed by atoms with Crippen molar-refractivity contribution in [1.82, 2.24) is 0 Å². The number of anilines is 1. The molecule has 6 heteroatoms. The van der Waals surface area contributed by atoms with Gasteiger partial charge in [-0.25, -0.2) is 0 Å². The third-order valence-corrected chi connectivity index (χ3v) is 3.33. The summed E-state index contributed by atoms with van der Waals surface area (Å²) in [5.41, 5.74) is 1.08. The molecule has 2 aromatic carbocycles. The van der Waals surface area contributed by atoms with Gasteiger partial charge in [0.05, 0.1) is 18.7 Å². The van der Waals surface area contributed by atoms with Gasteiger partial charge in [-0.05, 0) is 43.3 Å². The first-order valence-electron chi connectivity index (χ1n) is 6.84. The zero-order valence-corrected chi connectivity index (χ0v) is 13.4. The second-order valence-corrected chi connectivity index (χ2v) is 5.17. The Bertz CT molecular complexity index is 738. The van der Waals surface area contributed by atoms with Gasteiger partial charge >= 0.3 is 0 Å². The van der Waals surface area contributed by atoms with Gasteiger partial charge in [0, 0.05) is 16.8 Å². The van der Waals surface area contributed by atoms with Crippen LogP contribution in [-0.4, -0.2) is 19.1 Å². The van der Waals surface area contributed by atoms with E-state index in [1.807, 2.05) is 6.07 Å². The van der Waals surface area contributed by atoms with Crippen LogP contribution in [0.15, 0.2) is 42.5 Å². The molecule has 0 saturated carbocycles. The maximum Gasteiger partial charge on any atom is 0.265 e. The highest BCUT2D eigenvalue weighted by Gasteiger charge is 2.17. The van der Waals surface area contributed by atoms with E-state index in [1.165, 1.54) is 7.11 Å². The fourth-order valence-electron chi connectivity index (χ4n) is 1.86. The standard InChI is InChI=1S/C17H15ClN2O3/c1-11(17(21)20-14-6-4-13(18)5-7-14)23-15-8-3-12(10-19)9-16(15)22-2/h3-9,11H,1-2H3,(H,20,21). The minimum atomic E-state index is -0.743. The molecule has 0 aliphatic carbocycles. The molecule has 118 valence electrons.